The first-order chi connectivity index (χ1) is 11.9. The molecule has 1 heterocycles. The molecular weight excluding hydrogens is 349 g/mol. The van der Waals surface area contributed by atoms with E-state index in [1.807, 2.05) is 0 Å². The first-order valence-electron chi connectivity index (χ1n) is 8.37. The quantitative estimate of drug-likeness (QED) is 0.855. The molecule has 144 valence electrons. The van der Waals surface area contributed by atoms with Crippen LogP contribution in [0, 0.1) is 0 Å². The number of halogens is 3. The van der Waals surface area contributed by atoms with Crippen molar-refractivity contribution in [2.45, 2.75) is 51.3 Å². The number of carbonyl (C=O) groups is 2. The van der Waals surface area contributed by atoms with Gasteiger partial charge in [0.1, 0.15) is 5.60 Å². The zero-order chi connectivity index (χ0) is 19.7. The molecule has 0 bridgehead atoms. The number of hydrogen-bond donors (Lipinski definition) is 1. The summed E-state index contributed by atoms with van der Waals surface area (Å²) in [5.41, 5.74) is 3.39. The minimum atomic E-state index is -4.66. The van der Waals surface area contributed by atoms with Crippen LogP contribution in [-0.4, -0.2) is 35.6 Å². The Balaban J connectivity index is 2.12. The molecule has 0 radical (unpaired) electrons. The van der Waals surface area contributed by atoms with Gasteiger partial charge in [-0.2, -0.15) is 13.2 Å². The number of primary amides is 1. The molecule has 0 saturated carbocycles. The summed E-state index contributed by atoms with van der Waals surface area (Å²) >= 11 is 0. The molecule has 2 rings (SSSR count). The van der Waals surface area contributed by atoms with Gasteiger partial charge in [-0.3, -0.25) is 4.79 Å². The standard InChI is InChI=1S/C18H23F3N2O3/c1-17(2,3)26-16(25)23-8-6-11(7-9-23)12-4-5-13(15(22)24)14(10-12)18(19,20)21/h4-5,10-11H,6-9H2,1-3H3,(H2,22,24). The van der Waals surface area contributed by atoms with Gasteiger partial charge in [-0.25, -0.2) is 4.79 Å². The van der Waals surface area contributed by atoms with Crippen molar-refractivity contribution in [2.75, 3.05) is 13.1 Å². The van der Waals surface area contributed by atoms with Crippen LogP contribution < -0.4 is 5.73 Å². The predicted octanol–water partition coefficient (Wildman–Crippen LogP) is 3.92. The maximum absolute atomic E-state index is 13.2. The van der Waals surface area contributed by atoms with Gasteiger partial charge in [-0.05, 0) is 57.2 Å². The van der Waals surface area contributed by atoms with Gasteiger partial charge >= 0.3 is 12.3 Å². The molecule has 1 aromatic rings. The predicted molar refractivity (Wildman–Crippen MR) is 89.7 cm³/mol. The zero-order valence-corrected chi connectivity index (χ0v) is 15.0. The number of hydrogen-bond acceptors (Lipinski definition) is 3. The van der Waals surface area contributed by atoms with Crippen LogP contribution in [0.3, 0.4) is 0 Å². The normalized spacial score (nSPS) is 16.5. The van der Waals surface area contributed by atoms with Crippen LogP contribution in [0.1, 0.15) is 61.0 Å². The molecular formula is C18H23F3N2O3. The molecule has 0 spiro atoms. The Kier molecular flexibility index (Phi) is 5.53. The number of rotatable bonds is 2. The van der Waals surface area contributed by atoms with E-state index in [1.54, 1.807) is 25.7 Å². The van der Waals surface area contributed by atoms with Crippen molar-refractivity contribution in [1.82, 2.24) is 4.90 Å². The second-order valence-corrected chi connectivity index (χ2v) is 7.41. The van der Waals surface area contributed by atoms with E-state index in [-0.39, 0.29) is 5.92 Å². The van der Waals surface area contributed by atoms with E-state index in [0.29, 0.717) is 31.5 Å². The Morgan fingerprint density at radius 2 is 1.73 bits per heavy atom. The van der Waals surface area contributed by atoms with Gasteiger partial charge in [0.15, 0.2) is 0 Å². The fourth-order valence-electron chi connectivity index (χ4n) is 2.99. The summed E-state index contributed by atoms with van der Waals surface area (Å²) in [6, 6.07) is 3.62. The highest BCUT2D eigenvalue weighted by atomic mass is 19.4. The Morgan fingerprint density at radius 3 is 2.19 bits per heavy atom. The third kappa shape index (κ3) is 4.89. The molecule has 2 amide bonds. The van der Waals surface area contributed by atoms with Crippen molar-refractivity contribution < 1.29 is 27.5 Å². The van der Waals surface area contributed by atoms with E-state index in [1.165, 1.54) is 6.07 Å². The fourth-order valence-corrected chi connectivity index (χ4v) is 2.99. The topological polar surface area (TPSA) is 72.6 Å². The Morgan fingerprint density at radius 1 is 1.15 bits per heavy atom. The van der Waals surface area contributed by atoms with Crippen LogP contribution in [0.25, 0.3) is 0 Å². The maximum Gasteiger partial charge on any atom is 0.417 e. The van der Waals surface area contributed by atoms with Gasteiger partial charge in [-0.1, -0.05) is 6.07 Å². The SMILES string of the molecule is CC(C)(C)OC(=O)N1CCC(c2ccc(C(N)=O)c(C(F)(F)F)c2)CC1. The van der Waals surface area contributed by atoms with Crippen molar-refractivity contribution >= 4 is 12.0 Å². The zero-order valence-electron chi connectivity index (χ0n) is 15.0. The molecule has 1 saturated heterocycles. The highest BCUT2D eigenvalue weighted by molar-refractivity contribution is 5.94. The summed E-state index contributed by atoms with van der Waals surface area (Å²) in [6.07, 6.45) is -4.03. The lowest BCUT2D eigenvalue weighted by Gasteiger charge is -2.33. The fraction of sp³-hybridized carbons (Fsp3) is 0.556. The number of nitrogens with two attached hydrogens (primary N) is 1. The van der Waals surface area contributed by atoms with Gasteiger partial charge in [0.25, 0.3) is 0 Å². The number of ether oxygens (including phenoxy) is 1. The highest BCUT2D eigenvalue weighted by Gasteiger charge is 2.36. The minimum absolute atomic E-state index is 0.128. The number of likely N-dealkylation sites (tertiary alicyclic amines) is 1. The summed E-state index contributed by atoms with van der Waals surface area (Å²) in [5, 5.41) is 0. The van der Waals surface area contributed by atoms with Crippen LogP contribution in [0.2, 0.25) is 0 Å². The average Bonchev–Trinajstić information content (AvgIpc) is 2.52. The van der Waals surface area contributed by atoms with Gasteiger partial charge in [-0.15, -0.1) is 0 Å². The maximum atomic E-state index is 13.2. The number of piperidine rings is 1. The first kappa shape index (κ1) is 20.1. The second kappa shape index (κ2) is 7.17. The van der Waals surface area contributed by atoms with E-state index in [0.717, 1.165) is 12.1 Å². The summed E-state index contributed by atoms with van der Waals surface area (Å²) in [7, 11) is 0. The largest absolute Gasteiger partial charge is 0.444 e. The van der Waals surface area contributed by atoms with Crippen LogP contribution in [-0.2, 0) is 10.9 Å². The lowest BCUT2D eigenvalue weighted by Crippen LogP contribution is -2.41. The lowest BCUT2D eigenvalue weighted by molar-refractivity contribution is -0.138. The van der Waals surface area contributed by atoms with Crippen molar-refractivity contribution in [2.24, 2.45) is 5.73 Å². The van der Waals surface area contributed by atoms with Crippen molar-refractivity contribution in [3.63, 3.8) is 0 Å². The number of amides is 2. The van der Waals surface area contributed by atoms with Crippen molar-refractivity contribution in [3.05, 3.63) is 34.9 Å². The Bertz CT molecular complexity index is 688. The number of carbonyl (C=O) groups excluding carboxylic acids is 2. The summed E-state index contributed by atoms with van der Waals surface area (Å²) < 4.78 is 44.9. The highest BCUT2D eigenvalue weighted by Crippen LogP contribution is 2.36. The minimum Gasteiger partial charge on any atom is -0.444 e. The van der Waals surface area contributed by atoms with E-state index in [9.17, 15) is 22.8 Å². The van der Waals surface area contributed by atoms with Crippen LogP contribution in [0.15, 0.2) is 18.2 Å². The van der Waals surface area contributed by atoms with Gasteiger partial charge in [0, 0.05) is 13.1 Å². The third-order valence-electron chi connectivity index (χ3n) is 4.23. The molecule has 0 atom stereocenters. The van der Waals surface area contributed by atoms with Gasteiger partial charge in [0.2, 0.25) is 5.91 Å². The molecule has 2 N–H and O–H groups in total. The second-order valence-electron chi connectivity index (χ2n) is 7.41. The monoisotopic (exact) mass is 372 g/mol. The lowest BCUT2D eigenvalue weighted by atomic mass is 9.87. The molecule has 0 aliphatic carbocycles. The van der Waals surface area contributed by atoms with Gasteiger partial charge < -0.3 is 15.4 Å². The van der Waals surface area contributed by atoms with Crippen molar-refractivity contribution in [3.8, 4) is 0 Å². The van der Waals surface area contributed by atoms with E-state index >= 15 is 0 Å². The molecule has 26 heavy (non-hydrogen) atoms. The smallest absolute Gasteiger partial charge is 0.417 e. The number of alkyl halides is 3. The van der Waals surface area contributed by atoms with E-state index in [2.05, 4.69) is 0 Å². The summed E-state index contributed by atoms with van der Waals surface area (Å²) in [5.74, 6) is -1.24. The molecule has 1 aromatic carbocycles. The third-order valence-corrected chi connectivity index (χ3v) is 4.23. The molecule has 8 heteroatoms. The Labute approximate surface area is 150 Å². The van der Waals surface area contributed by atoms with E-state index < -0.39 is 34.9 Å². The summed E-state index contributed by atoms with van der Waals surface area (Å²) in [6.45, 7) is 6.13. The summed E-state index contributed by atoms with van der Waals surface area (Å²) in [4.78, 5) is 24.9. The first-order valence-corrected chi connectivity index (χ1v) is 8.37. The van der Waals surface area contributed by atoms with Crippen LogP contribution >= 0.6 is 0 Å². The molecule has 0 aromatic heterocycles. The van der Waals surface area contributed by atoms with Crippen molar-refractivity contribution in [1.29, 1.82) is 0 Å². The molecule has 0 unspecified atom stereocenters. The Hall–Kier alpha value is -2.25. The molecule has 1 aliphatic rings. The van der Waals surface area contributed by atoms with E-state index in [4.69, 9.17) is 10.5 Å². The van der Waals surface area contributed by atoms with Crippen LogP contribution in [0.4, 0.5) is 18.0 Å². The van der Waals surface area contributed by atoms with Crippen LogP contribution in [0.5, 0.6) is 0 Å². The molecule has 1 fully saturated rings. The number of nitrogens with zero attached hydrogens (tertiary/aromatic N) is 1. The molecule has 1 aliphatic heterocycles. The van der Waals surface area contributed by atoms with Gasteiger partial charge in [0.05, 0.1) is 11.1 Å². The molecule has 5 nitrogen and oxygen atoms in total. The number of benzene rings is 1. The average molecular weight is 372 g/mol.